The number of aliphatic hydroxyl groups excluding tert-OH is 1. The third-order valence-corrected chi connectivity index (χ3v) is 9.92. The number of rotatable bonds is 11. The van der Waals surface area contributed by atoms with E-state index in [1.54, 1.807) is 54.5 Å². The van der Waals surface area contributed by atoms with Crippen LogP contribution >= 0.6 is 19.2 Å². The first-order valence-electron chi connectivity index (χ1n) is 15.7. The molecule has 0 unspecified atom stereocenters. The van der Waals surface area contributed by atoms with Gasteiger partial charge in [-0.3, -0.25) is 28.3 Å². The lowest BCUT2D eigenvalue weighted by atomic mass is 9.88. The number of ether oxygens (including phenoxy) is 2. The number of halogens is 1. The molecule has 1 fully saturated rings. The number of nitrogens with zero attached hydrogens (tertiary/aromatic N) is 5. The SMILES string of the molecule is COc1cnc(C)c(F)c1-c1cc(C)ncc1C(=O)N=c1sc(OCC2CCC(O)CC2)nn1COP(=O)(OC(C)(C)C)OC(C)(C)C. The topological polar surface area (TPSA) is 156 Å². The summed E-state index contributed by atoms with van der Waals surface area (Å²) in [6.45, 7) is 13.4. The van der Waals surface area contributed by atoms with E-state index >= 15 is 4.39 Å². The van der Waals surface area contributed by atoms with Crippen molar-refractivity contribution in [2.75, 3.05) is 13.7 Å². The average molecular weight is 710 g/mol. The summed E-state index contributed by atoms with van der Waals surface area (Å²) >= 11 is 0.979. The van der Waals surface area contributed by atoms with Crippen molar-refractivity contribution in [3.8, 4) is 22.1 Å². The Morgan fingerprint density at radius 2 is 1.73 bits per heavy atom. The van der Waals surface area contributed by atoms with Gasteiger partial charge in [0.05, 0.1) is 54.0 Å². The van der Waals surface area contributed by atoms with Gasteiger partial charge in [0, 0.05) is 17.5 Å². The smallest absolute Gasteiger partial charge is 0.477 e. The zero-order chi connectivity index (χ0) is 35.4. The molecular formula is C32H45FN5O8PS. The molecule has 264 valence electrons. The first-order valence-corrected chi connectivity index (χ1v) is 17.9. The maximum Gasteiger partial charge on any atom is 0.477 e. The molecule has 0 bridgehead atoms. The van der Waals surface area contributed by atoms with Crippen molar-refractivity contribution in [3.63, 3.8) is 0 Å². The minimum atomic E-state index is -4.17. The molecule has 1 aliphatic carbocycles. The zero-order valence-corrected chi connectivity index (χ0v) is 30.6. The van der Waals surface area contributed by atoms with Crippen LogP contribution in [-0.2, 0) is 24.9 Å². The molecule has 0 radical (unpaired) electrons. The highest BCUT2D eigenvalue weighted by molar-refractivity contribution is 7.48. The maximum absolute atomic E-state index is 15.5. The molecule has 1 saturated carbocycles. The first-order chi connectivity index (χ1) is 22.4. The predicted octanol–water partition coefficient (Wildman–Crippen LogP) is 6.55. The number of phosphoric acid groups is 1. The first kappa shape index (κ1) is 37.7. The highest BCUT2D eigenvalue weighted by Crippen LogP contribution is 2.55. The van der Waals surface area contributed by atoms with Crippen LogP contribution in [0.25, 0.3) is 11.1 Å². The molecule has 0 aromatic carbocycles. The molecule has 3 heterocycles. The number of phosphoric ester groups is 1. The summed E-state index contributed by atoms with van der Waals surface area (Å²) in [6, 6.07) is 1.58. The van der Waals surface area contributed by atoms with Crippen molar-refractivity contribution in [1.29, 1.82) is 0 Å². The van der Waals surface area contributed by atoms with Crippen LogP contribution in [0.5, 0.6) is 10.9 Å². The van der Waals surface area contributed by atoms with Gasteiger partial charge in [0.1, 0.15) is 5.75 Å². The number of amides is 1. The number of carbonyl (C=O) groups excluding carboxylic acids is 1. The van der Waals surface area contributed by atoms with E-state index in [2.05, 4.69) is 20.1 Å². The normalized spacial score (nSPS) is 17.9. The largest absolute Gasteiger partial charge is 0.494 e. The molecule has 3 aromatic rings. The second-order valence-electron chi connectivity index (χ2n) is 13.6. The van der Waals surface area contributed by atoms with E-state index in [9.17, 15) is 14.5 Å². The number of methoxy groups -OCH3 is 1. The van der Waals surface area contributed by atoms with Crippen LogP contribution in [0, 0.1) is 25.6 Å². The van der Waals surface area contributed by atoms with Gasteiger partial charge in [-0.2, -0.15) is 4.99 Å². The maximum atomic E-state index is 15.5. The van der Waals surface area contributed by atoms with Crippen molar-refractivity contribution in [3.05, 3.63) is 46.0 Å². The lowest BCUT2D eigenvalue weighted by molar-refractivity contribution is -0.00819. The minimum absolute atomic E-state index is 0.00491. The van der Waals surface area contributed by atoms with Crippen LogP contribution in [-0.4, -0.2) is 61.8 Å². The summed E-state index contributed by atoms with van der Waals surface area (Å²) in [6.07, 6.45) is 5.41. The Morgan fingerprint density at radius 1 is 1.08 bits per heavy atom. The molecule has 48 heavy (non-hydrogen) atoms. The van der Waals surface area contributed by atoms with Crippen LogP contribution in [0.15, 0.2) is 23.5 Å². The molecule has 0 aliphatic heterocycles. The van der Waals surface area contributed by atoms with E-state index in [0.29, 0.717) is 25.1 Å². The standard InChI is InChI=1S/C32H45FN5O8PS/c1-19-14-23(26-25(42-9)16-35-20(2)27(26)33)24(15-34-19)28(40)36-29-38(18-44-47(41,45-31(3,4)5)46-32(6,7)8)37-30(48-29)43-17-21-10-12-22(39)13-11-21/h14-16,21-22,39H,10-13,17-18H2,1-9H3. The second-order valence-corrected chi connectivity index (χ2v) is 16.1. The number of aromatic nitrogens is 4. The Balaban J connectivity index is 1.75. The summed E-state index contributed by atoms with van der Waals surface area (Å²) in [5.74, 6) is -1.04. The molecule has 0 saturated heterocycles. The van der Waals surface area contributed by atoms with Gasteiger partial charge in [-0.25, -0.2) is 13.6 Å². The van der Waals surface area contributed by atoms with Gasteiger partial charge >= 0.3 is 7.82 Å². The Labute approximate surface area is 284 Å². The molecule has 1 N–H and O–H groups in total. The number of hydrogen-bond donors (Lipinski definition) is 1. The average Bonchev–Trinajstić information content (AvgIpc) is 3.36. The molecule has 4 rings (SSSR count). The summed E-state index contributed by atoms with van der Waals surface area (Å²) in [5, 5.41) is 14.5. The fraction of sp³-hybridized carbons (Fsp3) is 0.594. The third-order valence-electron chi connectivity index (χ3n) is 7.09. The molecule has 1 amide bonds. The molecule has 13 nitrogen and oxygen atoms in total. The van der Waals surface area contributed by atoms with Gasteiger partial charge < -0.3 is 14.6 Å². The van der Waals surface area contributed by atoms with Gasteiger partial charge in [0.2, 0.25) is 4.80 Å². The lowest BCUT2D eigenvalue weighted by Crippen LogP contribution is -2.26. The second kappa shape index (κ2) is 15.2. The molecule has 16 heteroatoms. The monoisotopic (exact) mass is 709 g/mol. The number of aliphatic hydroxyl groups is 1. The Bertz CT molecular complexity index is 1700. The van der Waals surface area contributed by atoms with Crippen LogP contribution in [0.3, 0.4) is 0 Å². The fourth-order valence-corrected chi connectivity index (χ4v) is 7.42. The summed E-state index contributed by atoms with van der Waals surface area (Å²) in [4.78, 5) is 26.5. The highest BCUT2D eigenvalue weighted by atomic mass is 32.1. The van der Waals surface area contributed by atoms with Gasteiger partial charge in [0.25, 0.3) is 11.1 Å². The van der Waals surface area contributed by atoms with Gasteiger partial charge in [0.15, 0.2) is 12.5 Å². The van der Waals surface area contributed by atoms with Crippen molar-refractivity contribution in [1.82, 2.24) is 19.7 Å². The van der Waals surface area contributed by atoms with E-state index < -0.39 is 37.5 Å². The number of aryl methyl sites for hydroxylation is 2. The molecule has 0 spiro atoms. The van der Waals surface area contributed by atoms with E-state index in [-0.39, 0.29) is 50.2 Å². The lowest BCUT2D eigenvalue weighted by Gasteiger charge is -2.30. The zero-order valence-electron chi connectivity index (χ0n) is 28.9. The third kappa shape index (κ3) is 10.2. The quantitative estimate of drug-likeness (QED) is 0.215. The number of hydrogen-bond acceptors (Lipinski definition) is 12. The molecule has 0 atom stereocenters. The van der Waals surface area contributed by atoms with Crippen molar-refractivity contribution >= 4 is 25.1 Å². The number of carbonyl (C=O) groups is 1. The Hall–Kier alpha value is -3.07. The van der Waals surface area contributed by atoms with Crippen LogP contribution in [0.1, 0.15) is 89.0 Å². The van der Waals surface area contributed by atoms with Crippen molar-refractivity contribution in [2.45, 2.75) is 105 Å². The predicted molar refractivity (Wildman–Crippen MR) is 177 cm³/mol. The van der Waals surface area contributed by atoms with E-state index in [1.165, 1.54) is 31.1 Å². The van der Waals surface area contributed by atoms with Crippen LogP contribution in [0.4, 0.5) is 4.39 Å². The van der Waals surface area contributed by atoms with Crippen molar-refractivity contribution < 1.29 is 41.9 Å². The van der Waals surface area contributed by atoms with Gasteiger partial charge in [-0.1, -0.05) is 0 Å². The number of pyridine rings is 2. The van der Waals surface area contributed by atoms with E-state index in [1.807, 2.05) is 0 Å². The fourth-order valence-electron chi connectivity index (χ4n) is 4.94. The summed E-state index contributed by atoms with van der Waals surface area (Å²) in [5.41, 5.74) is -0.814. The highest BCUT2D eigenvalue weighted by Gasteiger charge is 2.37. The van der Waals surface area contributed by atoms with E-state index in [0.717, 1.165) is 24.2 Å². The Kier molecular flexibility index (Phi) is 12.0. The molecule has 1 aliphatic rings. The van der Waals surface area contributed by atoms with Gasteiger partial charge in [-0.15, -0.1) is 5.10 Å². The van der Waals surface area contributed by atoms with Crippen LogP contribution in [0.2, 0.25) is 0 Å². The summed E-state index contributed by atoms with van der Waals surface area (Å²) in [7, 11) is -2.78. The molecular weight excluding hydrogens is 664 g/mol. The minimum Gasteiger partial charge on any atom is -0.494 e. The Morgan fingerprint density at radius 3 is 2.33 bits per heavy atom. The van der Waals surface area contributed by atoms with Crippen molar-refractivity contribution in [2.24, 2.45) is 10.9 Å². The molecule has 3 aromatic heterocycles. The summed E-state index contributed by atoms with van der Waals surface area (Å²) < 4.78 is 59.1. The van der Waals surface area contributed by atoms with Crippen LogP contribution < -0.4 is 14.3 Å². The van der Waals surface area contributed by atoms with Gasteiger partial charge in [-0.05, 0) is 104 Å². The van der Waals surface area contributed by atoms with E-state index in [4.69, 9.17) is 23.0 Å².